The number of hydrogen-bond acceptors (Lipinski definition) is 8. The zero-order valence-electron chi connectivity index (χ0n) is 14.7. The van der Waals surface area contributed by atoms with Gasteiger partial charge in [-0.25, -0.2) is 14.6 Å². The second-order valence-electron chi connectivity index (χ2n) is 6.96. The number of halogens is 1. The highest BCUT2D eigenvalue weighted by molar-refractivity contribution is 7.99. The number of thioether (sulfide) groups is 1. The van der Waals surface area contributed by atoms with Crippen LogP contribution in [-0.2, 0) is 9.47 Å². The average molecular weight is 395 g/mol. The minimum Gasteiger partial charge on any atom is -0.343 e. The van der Waals surface area contributed by atoms with E-state index in [0.29, 0.717) is 22.7 Å². The highest BCUT2D eigenvalue weighted by atomic mass is 35.5. The SMILES string of the molecule is CCCSc1nc(Cl)c2nnn([C@@H]3C[C@H](C#N)[C@H]4OC(C)(C)O[C@H]43)c2n1. The molecule has 0 bridgehead atoms. The zero-order chi connectivity index (χ0) is 18.5. The average Bonchev–Trinajstić information content (AvgIpc) is 3.23. The van der Waals surface area contributed by atoms with Crippen LogP contribution in [0.2, 0.25) is 5.15 Å². The molecule has 138 valence electrons. The normalized spacial score (nSPS) is 29.8. The Bertz CT molecular complexity index is 881. The van der Waals surface area contributed by atoms with Gasteiger partial charge in [-0.2, -0.15) is 5.26 Å². The molecule has 1 aliphatic carbocycles. The highest BCUT2D eigenvalue weighted by Gasteiger charge is 2.55. The lowest BCUT2D eigenvalue weighted by Crippen LogP contribution is -2.28. The lowest BCUT2D eigenvalue weighted by molar-refractivity contribution is -0.158. The minimum absolute atomic E-state index is 0.189. The largest absolute Gasteiger partial charge is 0.343 e. The van der Waals surface area contributed by atoms with Gasteiger partial charge in [0.2, 0.25) is 0 Å². The van der Waals surface area contributed by atoms with Crippen LogP contribution in [0.25, 0.3) is 11.2 Å². The summed E-state index contributed by atoms with van der Waals surface area (Å²) in [5.74, 6) is -0.0924. The predicted octanol–water partition coefficient (Wildman–Crippen LogP) is 2.98. The molecule has 1 saturated carbocycles. The second-order valence-corrected chi connectivity index (χ2v) is 8.38. The molecule has 2 fully saturated rings. The number of ether oxygens (including phenoxy) is 2. The number of hydrogen-bond donors (Lipinski definition) is 0. The Morgan fingerprint density at radius 2 is 2.12 bits per heavy atom. The first-order chi connectivity index (χ1) is 12.4. The molecule has 4 atom stereocenters. The van der Waals surface area contributed by atoms with Crippen molar-refractivity contribution in [2.75, 3.05) is 5.75 Å². The molecule has 3 heterocycles. The summed E-state index contributed by atoms with van der Waals surface area (Å²) in [5, 5.41) is 18.8. The van der Waals surface area contributed by atoms with Crippen molar-refractivity contribution in [1.29, 1.82) is 5.26 Å². The van der Waals surface area contributed by atoms with Crippen LogP contribution in [0.5, 0.6) is 0 Å². The Balaban J connectivity index is 1.74. The molecule has 0 aromatic carbocycles. The topological polar surface area (TPSA) is 98.7 Å². The molecule has 0 radical (unpaired) electrons. The highest BCUT2D eigenvalue weighted by Crippen LogP contribution is 2.47. The van der Waals surface area contributed by atoms with E-state index >= 15 is 0 Å². The van der Waals surface area contributed by atoms with Crippen LogP contribution in [0, 0.1) is 17.2 Å². The van der Waals surface area contributed by atoms with E-state index in [4.69, 9.17) is 21.1 Å². The molecule has 1 saturated heterocycles. The molecule has 1 aliphatic heterocycles. The fraction of sp³-hybridized carbons (Fsp3) is 0.688. The monoisotopic (exact) mass is 394 g/mol. The van der Waals surface area contributed by atoms with Gasteiger partial charge in [-0.3, -0.25) is 0 Å². The summed E-state index contributed by atoms with van der Waals surface area (Å²) in [5.41, 5.74) is 1.03. The summed E-state index contributed by atoms with van der Waals surface area (Å²) in [4.78, 5) is 8.90. The molecular weight excluding hydrogens is 376 g/mol. The fourth-order valence-corrected chi connectivity index (χ4v) is 4.53. The van der Waals surface area contributed by atoms with Gasteiger partial charge in [0.15, 0.2) is 27.3 Å². The van der Waals surface area contributed by atoms with Gasteiger partial charge >= 0.3 is 0 Å². The third-order valence-electron chi connectivity index (χ3n) is 4.61. The van der Waals surface area contributed by atoms with E-state index in [2.05, 4.69) is 33.3 Å². The quantitative estimate of drug-likeness (QED) is 0.443. The van der Waals surface area contributed by atoms with Crippen molar-refractivity contribution in [3.8, 4) is 6.07 Å². The molecule has 8 nitrogen and oxygen atoms in total. The Hall–Kier alpha value is -1.47. The Kier molecular flexibility index (Phi) is 4.55. The van der Waals surface area contributed by atoms with Gasteiger partial charge in [0, 0.05) is 5.75 Å². The van der Waals surface area contributed by atoms with E-state index in [0.717, 1.165) is 12.2 Å². The van der Waals surface area contributed by atoms with Crippen molar-refractivity contribution < 1.29 is 9.47 Å². The maximum absolute atomic E-state index is 9.52. The van der Waals surface area contributed by atoms with E-state index in [1.54, 1.807) is 16.4 Å². The van der Waals surface area contributed by atoms with Crippen LogP contribution in [0.15, 0.2) is 5.16 Å². The van der Waals surface area contributed by atoms with Gasteiger partial charge in [0.05, 0.1) is 18.0 Å². The molecular formula is C16H19ClN6O2S. The summed E-state index contributed by atoms with van der Waals surface area (Å²) < 4.78 is 13.7. The third-order valence-corrected chi connectivity index (χ3v) is 5.93. The van der Waals surface area contributed by atoms with Gasteiger partial charge in [0.1, 0.15) is 12.2 Å². The zero-order valence-corrected chi connectivity index (χ0v) is 16.3. The first-order valence-corrected chi connectivity index (χ1v) is 9.96. The summed E-state index contributed by atoms with van der Waals surface area (Å²) >= 11 is 7.83. The van der Waals surface area contributed by atoms with Crippen LogP contribution < -0.4 is 0 Å². The van der Waals surface area contributed by atoms with Gasteiger partial charge in [0.25, 0.3) is 0 Å². The van der Waals surface area contributed by atoms with Crippen molar-refractivity contribution in [3.05, 3.63) is 5.15 Å². The van der Waals surface area contributed by atoms with E-state index in [-0.39, 0.29) is 29.3 Å². The smallest absolute Gasteiger partial charge is 0.191 e. The summed E-state index contributed by atoms with van der Waals surface area (Å²) in [6.45, 7) is 5.81. The molecule has 2 aromatic heterocycles. The fourth-order valence-electron chi connectivity index (χ4n) is 3.58. The molecule has 0 N–H and O–H groups in total. The third kappa shape index (κ3) is 2.95. The molecule has 2 aliphatic rings. The first-order valence-electron chi connectivity index (χ1n) is 8.60. The van der Waals surface area contributed by atoms with Crippen LogP contribution in [0.4, 0.5) is 0 Å². The molecule has 10 heteroatoms. The van der Waals surface area contributed by atoms with E-state index < -0.39 is 5.79 Å². The number of rotatable bonds is 4. The lowest BCUT2D eigenvalue weighted by Gasteiger charge is -2.22. The lowest BCUT2D eigenvalue weighted by atomic mass is 10.1. The van der Waals surface area contributed by atoms with Crippen molar-refractivity contribution in [2.24, 2.45) is 5.92 Å². The van der Waals surface area contributed by atoms with Gasteiger partial charge < -0.3 is 9.47 Å². The summed E-state index contributed by atoms with van der Waals surface area (Å²) in [6, 6.07) is 2.15. The number of aromatic nitrogens is 5. The first kappa shape index (κ1) is 17.9. The van der Waals surface area contributed by atoms with Crippen molar-refractivity contribution in [1.82, 2.24) is 25.0 Å². The maximum atomic E-state index is 9.52. The van der Waals surface area contributed by atoms with Gasteiger partial charge in [-0.15, -0.1) is 5.10 Å². The molecule has 26 heavy (non-hydrogen) atoms. The molecule has 2 aromatic rings. The van der Waals surface area contributed by atoms with Crippen LogP contribution in [0.1, 0.15) is 39.7 Å². The predicted molar refractivity (Wildman–Crippen MR) is 95.7 cm³/mol. The standard InChI is InChI=1S/C16H19ClN6O2S/c1-4-5-26-15-19-13(17)10-14(20-15)23(22-21-10)9-6-8(7-18)11-12(9)25-16(2,3)24-11/h8-9,11-12H,4-6H2,1-3H3/t8-,9-,11-,12+/m1/s1. The van der Waals surface area contributed by atoms with Crippen molar-refractivity contribution >= 4 is 34.5 Å². The van der Waals surface area contributed by atoms with Crippen molar-refractivity contribution in [2.45, 2.75) is 62.8 Å². The second kappa shape index (κ2) is 6.60. The molecule has 0 unspecified atom stereocenters. The minimum atomic E-state index is -0.728. The van der Waals surface area contributed by atoms with E-state index in [1.807, 2.05) is 13.8 Å². The van der Waals surface area contributed by atoms with Crippen LogP contribution in [0.3, 0.4) is 0 Å². The number of nitrogens with zero attached hydrogens (tertiary/aromatic N) is 6. The Labute approximate surface area is 160 Å². The van der Waals surface area contributed by atoms with Gasteiger partial charge in [-0.1, -0.05) is 35.5 Å². The van der Waals surface area contributed by atoms with E-state index in [1.165, 1.54) is 0 Å². The van der Waals surface area contributed by atoms with E-state index in [9.17, 15) is 5.26 Å². The van der Waals surface area contributed by atoms with Crippen LogP contribution in [-0.4, -0.2) is 48.7 Å². The molecule has 0 spiro atoms. The summed E-state index contributed by atoms with van der Waals surface area (Å²) in [7, 11) is 0. The molecule has 0 amide bonds. The maximum Gasteiger partial charge on any atom is 0.191 e. The van der Waals surface area contributed by atoms with Gasteiger partial charge in [-0.05, 0) is 26.7 Å². The number of fused-ring (bicyclic) bond motifs is 2. The number of nitriles is 1. The van der Waals surface area contributed by atoms with Crippen molar-refractivity contribution in [3.63, 3.8) is 0 Å². The Morgan fingerprint density at radius 1 is 1.35 bits per heavy atom. The summed E-state index contributed by atoms with van der Waals surface area (Å²) in [6.07, 6.45) is 1.02. The molecule has 4 rings (SSSR count). The Morgan fingerprint density at radius 3 is 2.85 bits per heavy atom. The van der Waals surface area contributed by atoms with Crippen LogP contribution >= 0.6 is 23.4 Å².